The molecule has 2 unspecified atom stereocenters. The highest BCUT2D eigenvalue weighted by molar-refractivity contribution is 6.25. The van der Waals surface area contributed by atoms with Gasteiger partial charge in [0.05, 0.1) is 0 Å². The summed E-state index contributed by atoms with van der Waals surface area (Å²) in [6.07, 6.45) is 9.23. The molecule has 2 heteroatoms. The predicted molar refractivity (Wildman–Crippen MR) is 224 cm³/mol. The summed E-state index contributed by atoms with van der Waals surface area (Å²) in [6, 6.07) is 55.8. The number of allylic oxidation sites excluding steroid dienone is 4. The Kier molecular flexibility index (Phi) is 6.46. The Balaban J connectivity index is 1.09. The van der Waals surface area contributed by atoms with Crippen LogP contribution in [0.3, 0.4) is 0 Å². The van der Waals surface area contributed by atoms with E-state index in [4.69, 9.17) is 4.42 Å². The van der Waals surface area contributed by atoms with Crippen molar-refractivity contribution in [1.82, 2.24) is 0 Å². The molecule has 0 saturated carbocycles. The molecule has 1 aromatic heterocycles. The minimum Gasteiger partial charge on any atom is -0.456 e. The zero-order chi connectivity index (χ0) is 35.3. The number of para-hydroxylation sites is 1. The fraction of sp³-hybridized carbons (Fsp3) is 0.0980. The van der Waals surface area contributed by atoms with Crippen molar-refractivity contribution in [1.29, 1.82) is 0 Å². The Morgan fingerprint density at radius 2 is 1.02 bits per heavy atom. The van der Waals surface area contributed by atoms with Gasteiger partial charge in [-0.1, -0.05) is 135 Å². The van der Waals surface area contributed by atoms with Gasteiger partial charge in [-0.15, -0.1) is 0 Å². The van der Waals surface area contributed by atoms with Gasteiger partial charge in [-0.05, 0) is 121 Å². The molecule has 0 amide bonds. The number of rotatable bonds is 4. The molecule has 0 aliphatic heterocycles. The molecule has 2 aliphatic rings. The van der Waals surface area contributed by atoms with E-state index in [0.29, 0.717) is 11.8 Å². The molecule has 2 nitrogen and oxygen atoms in total. The standard InChI is InChI=1S/C51H37NO/c1-51(2)47-17-9-7-15-42(47)43-27-25-36(31-48(43)51)52(35-24-26-41-39-13-4-3-11-37(39)38-12-5-6-14-40(38)45(41)30-35)34-22-19-32(20-23-34)33-21-28-50-46(29-33)44-16-8-10-18-49(44)53-50/h3-31,42,47H,1-2H3. The predicted octanol–water partition coefficient (Wildman–Crippen LogP) is 14.3. The summed E-state index contributed by atoms with van der Waals surface area (Å²) >= 11 is 0. The van der Waals surface area contributed by atoms with Crippen molar-refractivity contribution in [3.05, 3.63) is 187 Å². The van der Waals surface area contributed by atoms with Crippen LogP contribution in [-0.2, 0) is 5.41 Å². The van der Waals surface area contributed by atoms with Crippen LogP contribution in [0, 0.1) is 5.92 Å². The van der Waals surface area contributed by atoms with E-state index in [0.717, 1.165) is 33.3 Å². The number of benzene rings is 8. The zero-order valence-electron chi connectivity index (χ0n) is 29.8. The maximum atomic E-state index is 6.14. The minimum absolute atomic E-state index is 0.0151. The van der Waals surface area contributed by atoms with Crippen LogP contribution in [0.15, 0.2) is 180 Å². The number of hydrogen-bond acceptors (Lipinski definition) is 2. The Bertz CT molecular complexity index is 2960. The third-order valence-electron chi connectivity index (χ3n) is 12.1. The van der Waals surface area contributed by atoms with E-state index >= 15 is 0 Å². The van der Waals surface area contributed by atoms with Crippen LogP contribution in [-0.4, -0.2) is 0 Å². The van der Waals surface area contributed by atoms with E-state index < -0.39 is 0 Å². The molecule has 2 atom stereocenters. The van der Waals surface area contributed by atoms with Gasteiger partial charge in [0.2, 0.25) is 0 Å². The number of anilines is 3. The van der Waals surface area contributed by atoms with Gasteiger partial charge in [-0.25, -0.2) is 0 Å². The Hall–Kier alpha value is -6.38. The molecule has 0 radical (unpaired) electrons. The van der Waals surface area contributed by atoms with Gasteiger partial charge in [0.25, 0.3) is 0 Å². The zero-order valence-corrected chi connectivity index (χ0v) is 29.8. The lowest BCUT2D eigenvalue weighted by Crippen LogP contribution is -2.24. The first kappa shape index (κ1) is 30.3. The highest BCUT2D eigenvalue weighted by atomic mass is 16.3. The van der Waals surface area contributed by atoms with Gasteiger partial charge in [0, 0.05) is 33.8 Å². The molecule has 0 spiro atoms. The van der Waals surface area contributed by atoms with Crippen molar-refractivity contribution < 1.29 is 4.42 Å². The quantitative estimate of drug-likeness (QED) is 0.172. The second-order valence-corrected chi connectivity index (χ2v) is 15.3. The highest BCUT2D eigenvalue weighted by Crippen LogP contribution is 2.54. The smallest absolute Gasteiger partial charge is 0.135 e. The molecule has 53 heavy (non-hydrogen) atoms. The summed E-state index contributed by atoms with van der Waals surface area (Å²) in [7, 11) is 0. The molecule has 0 N–H and O–H groups in total. The van der Waals surface area contributed by atoms with Crippen molar-refractivity contribution in [3.8, 4) is 11.1 Å². The first-order chi connectivity index (χ1) is 26.0. The van der Waals surface area contributed by atoms with Crippen molar-refractivity contribution >= 4 is 71.3 Å². The summed E-state index contributed by atoms with van der Waals surface area (Å²) in [5.41, 5.74) is 10.5. The topological polar surface area (TPSA) is 16.4 Å². The van der Waals surface area contributed by atoms with Crippen LogP contribution in [0.4, 0.5) is 17.1 Å². The minimum atomic E-state index is 0.0151. The third kappa shape index (κ3) is 4.52. The molecule has 9 aromatic rings. The van der Waals surface area contributed by atoms with E-state index in [-0.39, 0.29) is 5.41 Å². The first-order valence-corrected chi connectivity index (χ1v) is 18.7. The van der Waals surface area contributed by atoms with Crippen molar-refractivity contribution in [2.45, 2.75) is 25.2 Å². The van der Waals surface area contributed by atoms with Crippen LogP contribution >= 0.6 is 0 Å². The van der Waals surface area contributed by atoms with Gasteiger partial charge >= 0.3 is 0 Å². The summed E-state index contributed by atoms with van der Waals surface area (Å²) in [5.74, 6) is 0.868. The van der Waals surface area contributed by atoms with E-state index in [1.807, 2.05) is 12.1 Å². The number of nitrogens with zero attached hydrogens (tertiary/aromatic N) is 1. The third-order valence-corrected chi connectivity index (χ3v) is 12.1. The lowest BCUT2D eigenvalue weighted by Gasteiger charge is -2.30. The fourth-order valence-electron chi connectivity index (χ4n) is 9.50. The molecule has 1 heterocycles. The lowest BCUT2D eigenvalue weighted by molar-refractivity contribution is 0.394. The van der Waals surface area contributed by atoms with Crippen LogP contribution in [0.1, 0.15) is 30.9 Å². The van der Waals surface area contributed by atoms with Gasteiger partial charge in [-0.2, -0.15) is 0 Å². The van der Waals surface area contributed by atoms with E-state index in [9.17, 15) is 0 Å². The van der Waals surface area contributed by atoms with Crippen molar-refractivity contribution in [2.24, 2.45) is 5.92 Å². The van der Waals surface area contributed by atoms with Crippen LogP contribution in [0.5, 0.6) is 0 Å². The summed E-state index contributed by atoms with van der Waals surface area (Å²) in [6.45, 7) is 4.83. The van der Waals surface area contributed by atoms with Crippen molar-refractivity contribution in [2.75, 3.05) is 4.90 Å². The number of fused-ring (bicyclic) bond motifs is 12. The highest BCUT2D eigenvalue weighted by Gasteiger charge is 2.44. The summed E-state index contributed by atoms with van der Waals surface area (Å²) in [4.78, 5) is 2.45. The lowest BCUT2D eigenvalue weighted by atomic mass is 9.74. The Labute approximate surface area is 308 Å². The Morgan fingerprint density at radius 3 is 1.77 bits per heavy atom. The van der Waals surface area contributed by atoms with Crippen LogP contribution in [0.2, 0.25) is 0 Å². The number of furan rings is 1. The molecule has 11 rings (SSSR count). The van der Waals surface area contributed by atoms with Gasteiger partial charge in [0.1, 0.15) is 11.2 Å². The number of hydrogen-bond donors (Lipinski definition) is 0. The second-order valence-electron chi connectivity index (χ2n) is 15.3. The SMILES string of the molecule is CC1(C)c2cc(N(c3ccc(-c4ccc5oc6ccccc6c5c4)cc3)c3ccc4c5ccccc5c5ccccc5c4c3)ccc2C2C=CC=CC21. The molecule has 2 aliphatic carbocycles. The van der Waals surface area contributed by atoms with Gasteiger partial charge in [0.15, 0.2) is 0 Å². The van der Waals surface area contributed by atoms with Crippen LogP contribution < -0.4 is 4.90 Å². The summed E-state index contributed by atoms with van der Waals surface area (Å²) in [5, 5.41) is 9.98. The van der Waals surface area contributed by atoms with Crippen LogP contribution in [0.25, 0.3) is 65.4 Å². The second kappa shape index (κ2) is 11.3. The molecule has 252 valence electrons. The maximum absolute atomic E-state index is 6.14. The van der Waals surface area contributed by atoms with Gasteiger partial charge < -0.3 is 9.32 Å². The average molecular weight is 680 g/mol. The van der Waals surface area contributed by atoms with Crippen molar-refractivity contribution in [3.63, 3.8) is 0 Å². The molecule has 8 aromatic carbocycles. The normalized spacial score (nSPS) is 17.2. The average Bonchev–Trinajstić information content (AvgIpc) is 3.69. The van der Waals surface area contributed by atoms with Gasteiger partial charge in [-0.3, -0.25) is 0 Å². The van der Waals surface area contributed by atoms with E-state index in [1.165, 1.54) is 60.3 Å². The largest absolute Gasteiger partial charge is 0.456 e. The molecule has 0 fully saturated rings. The molecule has 0 bridgehead atoms. The Morgan fingerprint density at radius 1 is 0.453 bits per heavy atom. The molecule has 0 saturated heterocycles. The monoisotopic (exact) mass is 679 g/mol. The molecular formula is C51H37NO. The van der Waals surface area contributed by atoms with E-state index in [1.54, 1.807) is 0 Å². The fourth-order valence-corrected chi connectivity index (χ4v) is 9.50. The maximum Gasteiger partial charge on any atom is 0.135 e. The summed E-state index contributed by atoms with van der Waals surface area (Å²) < 4.78 is 6.14. The molecular weight excluding hydrogens is 643 g/mol. The first-order valence-electron chi connectivity index (χ1n) is 18.7. The van der Waals surface area contributed by atoms with E-state index in [2.05, 4.69) is 183 Å².